The van der Waals surface area contributed by atoms with Gasteiger partial charge in [0.15, 0.2) is 0 Å². The fourth-order valence-electron chi connectivity index (χ4n) is 1.53. The molecule has 0 aromatic heterocycles. The number of hydrogen-bond donors (Lipinski definition) is 2. The predicted molar refractivity (Wildman–Crippen MR) is 73.4 cm³/mol. The fraction of sp³-hybridized carbons (Fsp3) is 0.500. The zero-order chi connectivity index (χ0) is 15.0. The van der Waals surface area contributed by atoms with Gasteiger partial charge in [0.05, 0.1) is 19.8 Å². The van der Waals surface area contributed by atoms with E-state index in [0.29, 0.717) is 36.9 Å². The maximum Gasteiger partial charge on any atom is 0.265 e. The minimum Gasteiger partial charge on any atom is -0.379 e. The molecule has 1 aromatic rings. The van der Waals surface area contributed by atoms with Crippen LogP contribution < -0.4 is 11.3 Å². The van der Waals surface area contributed by atoms with Crippen molar-refractivity contribution in [3.63, 3.8) is 0 Å². The summed E-state index contributed by atoms with van der Waals surface area (Å²) in [5, 5.41) is 0. The van der Waals surface area contributed by atoms with Gasteiger partial charge in [-0.25, -0.2) is 10.2 Å². The van der Waals surface area contributed by atoms with E-state index >= 15 is 0 Å². The number of hydrazine groups is 1. The van der Waals surface area contributed by atoms with Gasteiger partial charge in [0.2, 0.25) is 0 Å². The van der Waals surface area contributed by atoms with Crippen molar-refractivity contribution in [2.75, 3.05) is 19.8 Å². The number of halogens is 1. The van der Waals surface area contributed by atoms with Crippen molar-refractivity contribution in [3.05, 3.63) is 35.1 Å². The van der Waals surface area contributed by atoms with E-state index in [2.05, 4.69) is 13.8 Å². The van der Waals surface area contributed by atoms with Gasteiger partial charge in [0.25, 0.3) is 5.91 Å². The first-order valence-electron chi connectivity index (χ1n) is 6.49. The zero-order valence-corrected chi connectivity index (χ0v) is 11.8. The molecule has 112 valence electrons. The van der Waals surface area contributed by atoms with E-state index in [1.54, 1.807) is 0 Å². The lowest BCUT2D eigenvalue weighted by atomic mass is 10.1. The summed E-state index contributed by atoms with van der Waals surface area (Å²) in [5.74, 6) is 4.62. The van der Waals surface area contributed by atoms with Crippen molar-refractivity contribution in [2.24, 2.45) is 11.8 Å². The maximum absolute atomic E-state index is 13.5. The molecule has 0 saturated heterocycles. The zero-order valence-electron chi connectivity index (χ0n) is 11.8. The van der Waals surface area contributed by atoms with E-state index in [9.17, 15) is 9.18 Å². The largest absolute Gasteiger partial charge is 0.379 e. The maximum atomic E-state index is 13.5. The molecule has 0 aliphatic carbocycles. The fourth-order valence-corrected chi connectivity index (χ4v) is 1.53. The summed E-state index contributed by atoms with van der Waals surface area (Å²) in [7, 11) is 0. The summed E-state index contributed by atoms with van der Waals surface area (Å²) in [6, 6.07) is 4.01. The number of hydrogen-bond acceptors (Lipinski definition) is 4. The minimum absolute atomic E-state index is 0.0859. The molecule has 0 atom stereocenters. The lowest BCUT2D eigenvalue weighted by molar-refractivity contribution is 0.0306. The number of benzene rings is 1. The highest BCUT2D eigenvalue weighted by Crippen LogP contribution is 2.12. The van der Waals surface area contributed by atoms with Crippen molar-refractivity contribution < 1.29 is 18.7 Å². The third kappa shape index (κ3) is 5.64. The average molecular weight is 284 g/mol. The highest BCUT2D eigenvalue weighted by Gasteiger charge is 2.08. The number of ether oxygens (including phenoxy) is 2. The molecule has 1 aromatic carbocycles. The Labute approximate surface area is 118 Å². The number of nitrogens with one attached hydrogen (secondary N) is 1. The third-order valence-electron chi connectivity index (χ3n) is 2.52. The molecular weight excluding hydrogens is 263 g/mol. The highest BCUT2D eigenvalue weighted by molar-refractivity contribution is 5.93. The van der Waals surface area contributed by atoms with Crippen molar-refractivity contribution >= 4 is 5.91 Å². The van der Waals surface area contributed by atoms with Crippen LogP contribution in [0.5, 0.6) is 0 Å². The van der Waals surface area contributed by atoms with E-state index in [1.165, 1.54) is 18.2 Å². The van der Waals surface area contributed by atoms with Crippen LogP contribution in [0.1, 0.15) is 29.8 Å². The molecular formula is C14H21FN2O3. The van der Waals surface area contributed by atoms with Crippen LogP contribution in [0, 0.1) is 11.7 Å². The van der Waals surface area contributed by atoms with E-state index in [4.69, 9.17) is 15.3 Å². The second-order valence-corrected chi connectivity index (χ2v) is 4.80. The number of carbonyl (C=O) groups excluding carboxylic acids is 1. The van der Waals surface area contributed by atoms with E-state index in [1.807, 2.05) is 5.43 Å². The van der Waals surface area contributed by atoms with Gasteiger partial charge in [-0.3, -0.25) is 10.2 Å². The quantitative estimate of drug-likeness (QED) is 0.329. The lowest BCUT2D eigenvalue weighted by Gasteiger charge is -2.09. The number of nitrogens with two attached hydrogens (primary N) is 1. The molecule has 0 fully saturated rings. The molecule has 3 N–H and O–H groups in total. The molecule has 1 amide bonds. The second-order valence-electron chi connectivity index (χ2n) is 4.80. The van der Waals surface area contributed by atoms with Gasteiger partial charge >= 0.3 is 0 Å². The van der Waals surface area contributed by atoms with Crippen LogP contribution in [0.3, 0.4) is 0 Å². The van der Waals surface area contributed by atoms with Gasteiger partial charge in [0.1, 0.15) is 5.82 Å². The van der Waals surface area contributed by atoms with Gasteiger partial charge in [-0.15, -0.1) is 0 Å². The smallest absolute Gasteiger partial charge is 0.265 e. The molecule has 5 nitrogen and oxygen atoms in total. The van der Waals surface area contributed by atoms with Gasteiger partial charge in [0, 0.05) is 17.7 Å². The molecule has 0 spiro atoms. The molecule has 6 heteroatoms. The van der Waals surface area contributed by atoms with E-state index < -0.39 is 11.7 Å². The molecule has 0 heterocycles. The second kappa shape index (κ2) is 8.63. The van der Waals surface area contributed by atoms with Crippen molar-refractivity contribution in [3.8, 4) is 0 Å². The average Bonchev–Trinajstić information content (AvgIpc) is 2.43. The Morgan fingerprint density at radius 3 is 2.70 bits per heavy atom. The minimum atomic E-state index is -0.466. The molecule has 0 aliphatic rings. The van der Waals surface area contributed by atoms with Crippen LogP contribution in [0.4, 0.5) is 4.39 Å². The Morgan fingerprint density at radius 2 is 2.05 bits per heavy atom. The van der Waals surface area contributed by atoms with Crippen LogP contribution in [0.2, 0.25) is 0 Å². The van der Waals surface area contributed by atoms with Crippen LogP contribution in [-0.4, -0.2) is 25.7 Å². The van der Waals surface area contributed by atoms with Crippen molar-refractivity contribution in [2.45, 2.75) is 20.5 Å². The summed E-state index contributed by atoms with van der Waals surface area (Å²) in [5.41, 5.74) is 2.61. The Kier molecular flexibility index (Phi) is 7.14. The van der Waals surface area contributed by atoms with Gasteiger partial charge in [-0.1, -0.05) is 13.8 Å². The van der Waals surface area contributed by atoms with Crippen molar-refractivity contribution in [1.29, 1.82) is 0 Å². The molecule has 0 aliphatic heterocycles. The molecule has 0 unspecified atom stereocenters. The molecule has 0 bridgehead atoms. The summed E-state index contributed by atoms with van der Waals surface area (Å²) in [6.45, 7) is 5.71. The molecule has 0 radical (unpaired) electrons. The van der Waals surface area contributed by atoms with Crippen molar-refractivity contribution in [1.82, 2.24) is 5.43 Å². The standard InChI is InChI=1S/C14H21FN2O3/c1-10(2)8-19-5-6-20-9-12-7-11(14(18)17-16)3-4-13(12)15/h3-4,7,10H,5-6,8-9,16H2,1-2H3,(H,17,18). The topological polar surface area (TPSA) is 73.6 Å². The number of nitrogen functional groups attached to an aromatic ring is 1. The lowest BCUT2D eigenvalue weighted by Crippen LogP contribution is -2.30. The Bertz CT molecular complexity index is 438. The van der Waals surface area contributed by atoms with E-state index in [0.717, 1.165) is 0 Å². The molecule has 0 saturated carbocycles. The SMILES string of the molecule is CC(C)COCCOCc1cc(C(=O)NN)ccc1F. The summed E-state index contributed by atoms with van der Waals surface area (Å²) in [6.07, 6.45) is 0. The van der Waals surface area contributed by atoms with Crippen LogP contribution in [0.25, 0.3) is 0 Å². The predicted octanol–water partition coefficient (Wildman–Crippen LogP) is 1.62. The highest BCUT2D eigenvalue weighted by atomic mass is 19.1. The Balaban J connectivity index is 2.41. The first-order chi connectivity index (χ1) is 9.54. The Hall–Kier alpha value is -1.50. The van der Waals surface area contributed by atoms with Crippen LogP contribution in [0.15, 0.2) is 18.2 Å². The third-order valence-corrected chi connectivity index (χ3v) is 2.52. The first kappa shape index (κ1) is 16.6. The number of amides is 1. The monoisotopic (exact) mass is 284 g/mol. The molecule has 20 heavy (non-hydrogen) atoms. The van der Waals surface area contributed by atoms with Gasteiger partial charge in [-0.2, -0.15) is 0 Å². The summed E-state index contributed by atoms with van der Waals surface area (Å²) in [4.78, 5) is 11.3. The van der Waals surface area contributed by atoms with E-state index in [-0.39, 0.29) is 6.61 Å². The molecule has 1 rings (SSSR count). The number of rotatable bonds is 8. The number of carbonyl (C=O) groups is 1. The Morgan fingerprint density at radius 1 is 1.35 bits per heavy atom. The van der Waals surface area contributed by atoms with Gasteiger partial charge in [-0.05, 0) is 24.1 Å². The van der Waals surface area contributed by atoms with Gasteiger partial charge < -0.3 is 9.47 Å². The van der Waals surface area contributed by atoms with Crippen LogP contribution in [-0.2, 0) is 16.1 Å². The first-order valence-corrected chi connectivity index (χ1v) is 6.49. The summed E-state index contributed by atoms with van der Waals surface area (Å²) >= 11 is 0. The van der Waals surface area contributed by atoms with Crippen LogP contribution >= 0.6 is 0 Å². The summed E-state index contributed by atoms with van der Waals surface area (Å²) < 4.78 is 24.2. The normalized spacial score (nSPS) is 10.8.